The van der Waals surface area contributed by atoms with Crippen LogP contribution in [0.2, 0.25) is 5.02 Å². The molecule has 1 unspecified atom stereocenters. The Balaban J connectivity index is 2.14. The van der Waals surface area contributed by atoms with Crippen molar-refractivity contribution >= 4 is 31.8 Å². The van der Waals surface area contributed by atoms with E-state index in [1.165, 1.54) is 25.1 Å². The molecule has 0 saturated heterocycles. The van der Waals surface area contributed by atoms with Crippen molar-refractivity contribution in [2.24, 2.45) is 0 Å². The van der Waals surface area contributed by atoms with E-state index in [0.717, 1.165) is 13.2 Å². The number of rotatable bonds is 5. The first-order chi connectivity index (χ1) is 14.1. The molecular formula is C18H16ClF3O7S2. The standard InChI is InChI=1S/C18H16ClF3O7S2/c1-10-4-5-15(30(23,24)27-3)13(6-10)17(2)9-11-7-12(19)8-14(16(11)28-17)29-31(25,26)18(20,21)22/h4-8H,9H2,1-3H3. The maximum absolute atomic E-state index is 12.8. The maximum Gasteiger partial charge on any atom is 0.534 e. The molecule has 7 nitrogen and oxygen atoms in total. The van der Waals surface area contributed by atoms with Crippen LogP contribution in [-0.4, -0.2) is 29.5 Å². The number of aryl methyl sites for hydroxylation is 1. The lowest BCUT2D eigenvalue weighted by Crippen LogP contribution is -2.30. The van der Waals surface area contributed by atoms with E-state index in [0.29, 0.717) is 5.56 Å². The predicted octanol–water partition coefficient (Wildman–Crippen LogP) is 4.06. The van der Waals surface area contributed by atoms with Gasteiger partial charge in [0.05, 0.1) is 7.11 Å². The van der Waals surface area contributed by atoms with Crippen LogP contribution in [0.4, 0.5) is 13.2 Å². The van der Waals surface area contributed by atoms with Gasteiger partial charge in [-0.1, -0.05) is 29.3 Å². The normalized spacial score (nSPS) is 19.1. The maximum atomic E-state index is 12.8. The van der Waals surface area contributed by atoms with Gasteiger partial charge in [-0.2, -0.15) is 30.0 Å². The fourth-order valence-electron chi connectivity index (χ4n) is 3.24. The van der Waals surface area contributed by atoms with Crippen LogP contribution in [0.5, 0.6) is 11.5 Å². The van der Waals surface area contributed by atoms with E-state index in [4.69, 9.17) is 16.3 Å². The summed E-state index contributed by atoms with van der Waals surface area (Å²) in [4.78, 5) is -0.201. The van der Waals surface area contributed by atoms with Gasteiger partial charge < -0.3 is 8.92 Å². The summed E-state index contributed by atoms with van der Waals surface area (Å²) in [5, 5.41) is -0.0899. The molecule has 0 fully saturated rings. The number of hydrogen-bond acceptors (Lipinski definition) is 7. The lowest BCUT2D eigenvalue weighted by Gasteiger charge is -2.27. The van der Waals surface area contributed by atoms with E-state index in [2.05, 4.69) is 8.37 Å². The van der Waals surface area contributed by atoms with Crippen LogP contribution in [0.3, 0.4) is 0 Å². The van der Waals surface area contributed by atoms with Gasteiger partial charge in [0.1, 0.15) is 10.5 Å². The highest BCUT2D eigenvalue weighted by atomic mass is 35.5. The Morgan fingerprint density at radius 3 is 2.35 bits per heavy atom. The van der Waals surface area contributed by atoms with Gasteiger partial charge in [0, 0.05) is 28.6 Å². The Kier molecular flexibility index (Phi) is 5.75. The second-order valence-corrected chi connectivity index (χ2v) is 10.7. The van der Waals surface area contributed by atoms with Crippen molar-refractivity contribution in [1.29, 1.82) is 0 Å². The fourth-order valence-corrected chi connectivity index (χ4v) is 4.88. The molecule has 0 aliphatic carbocycles. The largest absolute Gasteiger partial charge is 0.534 e. The van der Waals surface area contributed by atoms with Crippen molar-refractivity contribution in [3.05, 3.63) is 52.0 Å². The number of hydrogen-bond donors (Lipinski definition) is 0. The number of halogens is 4. The van der Waals surface area contributed by atoms with Crippen molar-refractivity contribution in [3.8, 4) is 11.5 Å². The predicted molar refractivity (Wildman–Crippen MR) is 104 cm³/mol. The summed E-state index contributed by atoms with van der Waals surface area (Å²) in [6.45, 7) is 3.21. The molecule has 0 spiro atoms. The third-order valence-electron chi connectivity index (χ3n) is 4.63. The molecule has 0 N–H and O–H groups in total. The van der Waals surface area contributed by atoms with Crippen molar-refractivity contribution in [2.75, 3.05) is 7.11 Å². The molecule has 0 radical (unpaired) electrons. The van der Waals surface area contributed by atoms with Gasteiger partial charge in [-0.15, -0.1) is 0 Å². The lowest BCUT2D eigenvalue weighted by molar-refractivity contribution is -0.0501. The van der Waals surface area contributed by atoms with Crippen LogP contribution in [0.15, 0.2) is 35.2 Å². The quantitative estimate of drug-likeness (QED) is 0.451. The Bertz CT molecular complexity index is 1260. The van der Waals surface area contributed by atoms with Crippen LogP contribution >= 0.6 is 11.6 Å². The average molecular weight is 501 g/mol. The van der Waals surface area contributed by atoms with E-state index in [-0.39, 0.29) is 33.2 Å². The summed E-state index contributed by atoms with van der Waals surface area (Å²) >= 11 is 5.93. The molecule has 1 atom stereocenters. The molecule has 3 rings (SSSR count). The fraction of sp³-hybridized carbons (Fsp3) is 0.333. The number of alkyl halides is 3. The SMILES string of the molecule is COS(=O)(=O)c1ccc(C)cc1C1(C)Cc2cc(Cl)cc(OS(=O)(=O)C(F)(F)F)c2O1. The van der Waals surface area contributed by atoms with Crippen molar-refractivity contribution in [2.45, 2.75) is 36.3 Å². The van der Waals surface area contributed by atoms with E-state index < -0.39 is 37.1 Å². The molecule has 2 aromatic carbocycles. The average Bonchev–Trinajstić information content (AvgIpc) is 2.98. The van der Waals surface area contributed by atoms with Gasteiger partial charge >= 0.3 is 15.6 Å². The van der Waals surface area contributed by atoms with Crippen LogP contribution in [0.1, 0.15) is 23.6 Å². The summed E-state index contributed by atoms with van der Waals surface area (Å²) in [5.41, 5.74) is -5.98. The van der Waals surface area contributed by atoms with Gasteiger partial charge in [-0.05, 0) is 26.0 Å². The molecule has 0 saturated carbocycles. The Hall–Kier alpha value is -2.02. The summed E-state index contributed by atoms with van der Waals surface area (Å²) in [7, 11) is -9.16. The zero-order chi connectivity index (χ0) is 23.4. The summed E-state index contributed by atoms with van der Waals surface area (Å²) in [6, 6.07) is 6.64. The van der Waals surface area contributed by atoms with Gasteiger partial charge in [0.2, 0.25) is 0 Å². The first-order valence-electron chi connectivity index (χ1n) is 8.53. The van der Waals surface area contributed by atoms with Crippen LogP contribution in [0, 0.1) is 6.92 Å². The van der Waals surface area contributed by atoms with E-state index >= 15 is 0 Å². The summed E-state index contributed by atoms with van der Waals surface area (Å²) in [6.07, 6.45) is -0.0268. The zero-order valence-corrected chi connectivity index (χ0v) is 18.7. The van der Waals surface area contributed by atoms with Crippen LogP contribution < -0.4 is 8.92 Å². The lowest BCUT2D eigenvalue weighted by atomic mass is 9.90. The molecule has 170 valence electrons. The number of benzene rings is 2. The van der Waals surface area contributed by atoms with Gasteiger partial charge in [0.25, 0.3) is 10.1 Å². The van der Waals surface area contributed by atoms with E-state index in [9.17, 15) is 30.0 Å². The van der Waals surface area contributed by atoms with Gasteiger partial charge in [0.15, 0.2) is 11.5 Å². The smallest absolute Gasteiger partial charge is 0.478 e. The topological polar surface area (TPSA) is 96.0 Å². The van der Waals surface area contributed by atoms with Crippen molar-refractivity contribution in [1.82, 2.24) is 0 Å². The second kappa shape index (κ2) is 7.54. The molecule has 2 aromatic rings. The molecule has 13 heteroatoms. The minimum atomic E-state index is -5.99. The minimum Gasteiger partial charge on any atom is -0.478 e. The molecule has 0 amide bonds. The Morgan fingerprint density at radius 1 is 1.13 bits per heavy atom. The highest BCUT2D eigenvalue weighted by Gasteiger charge is 2.50. The van der Waals surface area contributed by atoms with Gasteiger partial charge in [-0.3, -0.25) is 4.18 Å². The minimum absolute atomic E-state index is 0.0268. The van der Waals surface area contributed by atoms with E-state index in [1.54, 1.807) is 13.0 Å². The Morgan fingerprint density at radius 2 is 1.77 bits per heavy atom. The molecule has 1 aliphatic rings. The Labute approximate surface area is 181 Å². The van der Waals surface area contributed by atoms with E-state index in [1.807, 2.05) is 0 Å². The van der Waals surface area contributed by atoms with Crippen LogP contribution in [0.25, 0.3) is 0 Å². The van der Waals surface area contributed by atoms with Gasteiger partial charge in [-0.25, -0.2) is 0 Å². The highest BCUT2D eigenvalue weighted by Crippen LogP contribution is 2.49. The summed E-state index contributed by atoms with van der Waals surface area (Å²) in [5.74, 6) is -1.05. The molecular weight excluding hydrogens is 485 g/mol. The second-order valence-electron chi connectivity index (χ2n) is 7.01. The van der Waals surface area contributed by atoms with Crippen molar-refractivity contribution in [3.63, 3.8) is 0 Å². The number of fused-ring (bicyclic) bond motifs is 1. The molecule has 0 bridgehead atoms. The monoisotopic (exact) mass is 500 g/mol. The van der Waals surface area contributed by atoms with Crippen molar-refractivity contribution < 1.29 is 43.1 Å². The zero-order valence-electron chi connectivity index (χ0n) is 16.3. The van der Waals surface area contributed by atoms with Crippen LogP contribution in [-0.2, 0) is 36.4 Å². The first-order valence-corrected chi connectivity index (χ1v) is 11.7. The third kappa shape index (κ3) is 4.34. The third-order valence-corrected chi connectivity index (χ3v) is 7.15. The first kappa shape index (κ1) is 23.6. The molecule has 0 aromatic heterocycles. The molecule has 1 heterocycles. The molecule has 1 aliphatic heterocycles. The summed E-state index contributed by atoms with van der Waals surface area (Å²) < 4.78 is 101. The molecule has 31 heavy (non-hydrogen) atoms. The number of ether oxygens (including phenoxy) is 1. The highest BCUT2D eigenvalue weighted by molar-refractivity contribution is 7.88.